The number of carbonyl (C=O) groups is 2. The molecule has 4 heteroatoms. The maximum atomic E-state index is 10.9. The number of likely N-dealkylation sites (tertiary alicyclic amines) is 1. The predicted octanol–water partition coefficient (Wildman–Crippen LogP) is 0.472. The Hall–Kier alpha value is -1.06. The summed E-state index contributed by atoms with van der Waals surface area (Å²) >= 11 is 0. The highest BCUT2D eigenvalue weighted by Crippen LogP contribution is 2.22. The third kappa shape index (κ3) is 1.75. The molecule has 0 aliphatic carbocycles. The summed E-state index contributed by atoms with van der Waals surface area (Å²) in [5, 5.41) is 8.46. The monoisotopic (exact) mass is 171 g/mol. The van der Waals surface area contributed by atoms with Crippen LogP contribution in [0.5, 0.6) is 0 Å². The highest BCUT2D eigenvalue weighted by molar-refractivity contribution is 5.86. The first-order valence-corrected chi connectivity index (χ1v) is 4.16. The van der Waals surface area contributed by atoms with Crippen LogP contribution in [0.4, 0.5) is 0 Å². The van der Waals surface area contributed by atoms with E-state index in [1.54, 1.807) is 0 Å². The molecule has 4 nitrogen and oxygen atoms in total. The number of carboxylic acid groups (broad SMARTS) is 1. The van der Waals surface area contributed by atoms with Crippen molar-refractivity contribution in [1.29, 1.82) is 0 Å². The highest BCUT2D eigenvalue weighted by Gasteiger charge is 2.35. The molecule has 1 aliphatic heterocycles. The molecule has 1 rings (SSSR count). The Labute approximate surface area is 71.2 Å². The molecular weight excluding hydrogens is 158 g/mol. The summed E-state index contributed by atoms with van der Waals surface area (Å²) in [6, 6.07) is 0.179. The molecule has 1 aliphatic rings. The normalized spacial score (nSPS) is 22.2. The van der Waals surface area contributed by atoms with Crippen LogP contribution in [0.3, 0.4) is 0 Å². The minimum atomic E-state index is -0.927. The Morgan fingerprint density at radius 3 is 2.83 bits per heavy atom. The summed E-state index contributed by atoms with van der Waals surface area (Å²) in [6.45, 7) is 1.89. The molecule has 68 valence electrons. The van der Waals surface area contributed by atoms with Crippen molar-refractivity contribution in [3.63, 3.8) is 0 Å². The summed E-state index contributed by atoms with van der Waals surface area (Å²) in [6.07, 6.45) is 2.44. The largest absolute Gasteiger partial charge is 0.480 e. The Kier molecular flexibility index (Phi) is 2.68. The van der Waals surface area contributed by atoms with E-state index >= 15 is 0 Å². The van der Waals surface area contributed by atoms with Gasteiger partial charge in [-0.05, 0) is 6.42 Å². The average Bonchev–Trinajstić information content (AvgIpc) is 2.00. The Balaban J connectivity index is 2.39. The van der Waals surface area contributed by atoms with E-state index in [0.29, 0.717) is 6.42 Å². The van der Waals surface area contributed by atoms with Crippen LogP contribution in [0.2, 0.25) is 0 Å². The molecule has 0 saturated carbocycles. The van der Waals surface area contributed by atoms with Crippen molar-refractivity contribution in [2.24, 2.45) is 0 Å². The SMILES string of the molecule is CCCC1CC(=O)N1CC(=O)O. The minimum absolute atomic E-state index is 0.0316. The second-order valence-corrected chi connectivity index (χ2v) is 3.06. The lowest BCUT2D eigenvalue weighted by atomic mass is 9.97. The van der Waals surface area contributed by atoms with Crippen molar-refractivity contribution >= 4 is 11.9 Å². The van der Waals surface area contributed by atoms with Crippen molar-refractivity contribution in [3.8, 4) is 0 Å². The molecular formula is C8H13NO3. The van der Waals surface area contributed by atoms with Crippen LogP contribution in [-0.4, -0.2) is 34.5 Å². The van der Waals surface area contributed by atoms with Gasteiger partial charge in [0.25, 0.3) is 0 Å². The van der Waals surface area contributed by atoms with E-state index in [4.69, 9.17) is 5.11 Å². The van der Waals surface area contributed by atoms with Crippen LogP contribution in [-0.2, 0) is 9.59 Å². The standard InChI is InChI=1S/C8H13NO3/c1-2-3-6-4-7(10)9(6)5-8(11)12/h6H,2-5H2,1H3,(H,11,12). The van der Waals surface area contributed by atoms with E-state index < -0.39 is 5.97 Å². The zero-order chi connectivity index (χ0) is 9.14. The molecule has 0 radical (unpaired) electrons. The maximum Gasteiger partial charge on any atom is 0.323 e. The molecule has 1 heterocycles. The molecule has 0 aromatic carbocycles. The van der Waals surface area contributed by atoms with Gasteiger partial charge in [0.05, 0.1) is 0 Å². The van der Waals surface area contributed by atoms with Gasteiger partial charge >= 0.3 is 5.97 Å². The van der Waals surface area contributed by atoms with Gasteiger partial charge < -0.3 is 10.0 Å². The van der Waals surface area contributed by atoms with Crippen molar-refractivity contribution < 1.29 is 14.7 Å². The fraction of sp³-hybridized carbons (Fsp3) is 0.750. The Morgan fingerprint density at radius 1 is 1.75 bits per heavy atom. The number of β-lactam (4-membered cyclic amide) rings is 1. The van der Waals surface area contributed by atoms with Crippen LogP contribution >= 0.6 is 0 Å². The van der Waals surface area contributed by atoms with Gasteiger partial charge in [0, 0.05) is 12.5 Å². The van der Waals surface area contributed by atoms with Crippen LogP contribution in [0, 0.1) is 0 Å². The lowest BCUT2D eigenvalue weighted by molar-refractivity contribution is -0.155. The second kappa shape index (κ2) is 3.56. The average molecular weight is 171 g/mol. The summed E-state index contributed by atoms with van der Waals surface area (Å²) in [7, 11) is 0. The van der Waals surface area contributed by atoms with Gasteiger partial charge in [-0.15, -0.1) is 0 Å². The van der Waals surface area contributed by atoms with E-state index in [1.807, 2.05) is 6.92 Å². The number of rotatable bonds is 4. The van der Waals surface area contributed by atoms with Gasteiger partial charge in [-0.3, -0.25) is 9.59 Å². The number of carbonyl (C=O) groups excluding carboxylic acids is 1. The first-order chi connectivity index (χ1) is 5.65. The first-order valence-electron chi connectivity index (χ1n) is 4.16. The van der Waals surface area contributed by atoms with E-state index in [9.17, 15) is 9.59 Å². The maximum absolute atomic E-state index is 10.9. The van der Waals surface area contributed by atoms with Gasteiger partial charge in [0.2, 0.25) is 5.91 Å². The lowest BCUT2D eigenvalue weighted by Crippen LogP contribution is -2.54. The summed E-state index contributed by atoms with van der Waals surface area (Å²) in [5.41, 5.74) is 0. The van der Waals surface area contributed by atoms with Crippen molar-refractivity contribution in [2.75, 3.05) is 6.54 Å². The fourth-order valence-corrected chi connectivity index (χ4v) is 1.47. The van der Waals surface area contributed by atoms with Gasteiger partial charge in [0.1, 0.15) is 6.54 Å². The number of hydrogen-bond donors (Lipinski definition) is 1. The van der Waals surface area contributed by atoms with Crippen molar-refractivity contribution in [3.05, 3.63) is 0 Å². The zero-order valence-electron chi connectivity index (χ0n) is 7.12. The third-order valence-electron chi connectivity index (χ3n) is 2.10. The number of aliphatic carboxylic acids is 1. The first kappa shape index (κ1) is 9.03. The predicted molar refractivity (Wildman–Crippen MR) is 42.7 cm³/mol. The summed E-state index contributed by atoms with van der Waals surface area (Å²) in [4.78, 5) is 22.7. The molecule has 0 aromatic rings. The number of carboxylic acids is 1. The molecule has 0 aromatic heterocycles. The Morgan fingerprint density at radius 2 is 2.42 bits per heavy atom. The highest BCUT2D eigenvalue weighted by atomic mass is 16.4. The van der Waals surface area contributed by atoms with E-state index in [0.717, 1.165) is 12.8 Å². The van der Waals surface area contributed by atoms with E-state index in [2.05, 4.69) is 0 Å². The number of amides is 1. The van der Waals surface area contributed by atoms with Gasteiger partial charge in [-0.25, -0.2) is 0 Å². The topological polar surface area (TPSA) is 57.6 Å². The van der Waals surface area contributed by atoms with Crippen LogP contribution in [0.25, 0.3) is 0 Å². The van der Waals surface area contributed by atoms with Gasteiger partial charge in [0.15, 0.2) is 0 Å². The molecule has 1 atom stereocenters. The number of nitrogens with zero attached hydrogens (tertiary/aromatic N) is 1. The van der Waals surface area contributed by atoms with E-state index in [-0.39, 0.29) is 18.5 Å². The second-order valence-electron chi connectivity index (χ2n) is 3.06. The molecule has 1 amide bonds. The zero-order valence-corrected chi connectivity index (χ0v) is 7.12. The third-order valence-corrected chi connectivity index (χ3v) is 2.10. The lowest BCUT2D eigenvalue weighted by Gasteiger charge is -2.39. The Bertz CT molecular complexity index is 202. The fourth-order valence-electron chi connectivity index (χ4n) is 1.47. The van der Waals surface area contributed by atoms with Crippen LogP contribution in [0.1, 0.15) is 26.2 Å². The van der Waals surface area contributed by atoms with E-state index in [1.165, 1.54) is 4.90 Å². The van der Waals surface area contributed by atoms with Crippen LogP contribution in [0.15, 0.2) is 0 Å². The molecule has 0 bridgehead atoms. The molecule has 12 heavy (non-hydrogen) atoms. The van der Waals surface area contributed by atoms with Gasteiger partial charge in [-0.1, -0.05) is 13.3 Å². The molecule has 1 N–H and O–H groups in total. The van der Waals surface area contributed by atoms with Crippen LogP contribution < -0.4 is 0 Å². The van der Waals surface area contributed by atoms with Gasteiger partial charge in [-0.2, -0.15) is 0 Å². The smallest absolute Gasteiger partial charge is 0.323 e. The van der Waals surface area contributed by atoms with Crippen molar-refractivity contribution in [2.45, 2.75) is 32.2 Å². The molecule has 1 saturated heterocycles. The molecule has 1 unspecified atom stereocenters. The quantitative estimate of drug-likeness (QED) is 0.625. The molecule has 1 fully saturated rings. The summed E-state index contributed by atoms with van der Waals surface area (Å²) in [5.74, 6) is -0.958. The minimum Gasteiger partial charge on any atom is -0.480 e. The molecule has 0 spiro atoms. The van der Waals surface area contributed by atoms with Crippen molar-refractivity contribution in [1.82, 2.24) is 4.90 Å². The summed E-state index contributed by atoms with van der Waals surface area (Å²) < 4.78 is 0. The number of hydrogen-bond acceptors (Lipinski definition) is 2.